The second-order valence-corrected chi connectivity index (χ2v) is 7.87. The van der Waals surface area contributed by atoms with Crippen LogP contribution in [0.3, 0.4) is 0 Å². The van der Waals surface area contributed by atoms with E-state index in [4.69, 9.17) is 3.07 Å². The van der Waals surface area contributed by atoms with Crippen molar-refractivity contribution in [2.45, 2.75) is 58.5 Å². The quantitative estimate of drug-likeness (QED) is 0.637. The van der Waals surface area contributed by atoms with Crippen molar-refractivity contribution < 1.29 is 3.07 Å². The topological polar surface area (TPSA) is 9.23 Å². The summed E-state index contributed by atoms with van der Waals surface area (Å²) in [6, 6.07) is 0. The van der Waals surface area contributed by atoms with Gasteiger partial charge in [0.25, 0.3) is 0 Å². The fourth-order valence-corrected chi connectivity index (χ4v) is 6.73. The summed E-state index contributed by atoms with van der Waals surface area (Å²) in [6.07, 6.45) is 7.27. The summed E-state index contributed by atoms with van der Waals surface area (Å²) < 4.78 is 6.15. The zero-order chi connectivity index (χ0) is 11.6. The molecule has 0 N–H and O–H groups in total. The van der Waals surface area contributed by atoms with Crippen molar-refractivity contribution in [1.29, 1.82) is 0 Å². The third kappa shape index (κ3) is 1.38. The predicted molar refractivity (Wildman–Crippen MR) is 74.3 cm³/mol. The monoisotopic (exact) mass is 334 g/mol. The summed E-state index contributed by atoms with van der Waals surface area (Å²) in [5, 5.41) is 0. The van der Waals surface area contributed by atoms with E-state index in [9.17, 15) is 0 Å². The van der Waals surface area contributed by atoms with Gasteiger partial charge in [-0.2, -0.15) is 0 Å². The van der Waals surface area contributed by atoms with Crippen molar-refractivity contribution in [1.82, 2.24) is 0 Å². The maximum atomic E-state index is 6.15. The average Bonchev–Trinajstić information content (AvgIpc) is 2.14. The van der Waals surface area contributed by atoms with Crippen molar-refractivity contribution >= 4 is 23.0 Å². The highest BCUT2D eigenvalue weighted by Gasteiger charge is 2.62. The average molecular weight is 334 g/mol. The molecule has 16 heavy (non-hydrogen) atoms. The van der Waals surface area contributed by atoms with E-state index >= 15 is 0 Å². The summed E-state index contributed by atoms with van der Waals surface area (Å²) in [4.78, 5) is 0. The van der Waals surface area contributed by atoms with Crippen LogP contribution in [-0.4, -0.2) is 5.60 Å². The van der Waals surface area contributed by atoms with Gasteiger partial charge in [-0.1, -0.05) is 20.8 Å². The highest BCUT2D eigenvalue weighted by Crippen LogP contribution is 2.64. The molecule has 92 valence electrons. The lowest BCUT2D eigenvalue weighted by Crippen LogP contribution is -2.63. The molecule has 4 aliphatic rings. The van der Waals surface area contributed by atoms with Crippen LogP contribution in [0.15, 0.2) is 0 Å². The Bertz CT molecular complexity index is 264. The van der Waals surface area contributed by atoms with E-state index in [2.05, 4.69) is 43.8 Å². The molecule has 2 heteroatoms. The van der Waals surface area contributed by atoms with Gasteiger partial charge in [0.15, 0.2) is 0 Å². The molecule has 0 amide bonds. The van der Waals surface area contributed by atoms with E-state index in [0.717, 1.165) is 23.7 Å². The molecule has 4 bridgehead atoms. The van der Waals surface area contributed by atoms with Crippen LogP contribution >= 0.6 is 23.0 Å². The van der Waals surface area contributed by atoms with E-state index in [-0.39, 0.29) is 11.0 Å². The molecule has 4 aliphatic carbocycles. The Hall–Kier alpha value is 0.690. The molecular formula is C14H23IO. The summed E-state index contributed by atoms with van der Waals surface area (Å²) in [5.74, 6) is 3.73. The Morgan fingerprint density at radius 1 is 0.938 bits per heavy atom. The summed E-state index contributed by atoms with van der Waals surface area (Å²) in [5.41, 5.74) is 0.456. The van der Waals surface area contributed by atoms with E-state index < -0.39 is 0 Å². The largest absolute Gasteiger partial charge is 0.308 e. The Kier molecular flexibility index (Phi) is 2.64. The van der Waals surface area contributed by atoms with Gasteiger partial charge in [-0.05, 0) is 61.2 Å². The first-order valence-electron chi connectivity index (χ1n) is 6.77. The van der Waals surface area contributed by atoms with Crippen molar-refractivity contribution in [3.63, 3.8) is 0 Å². The van der Waals surface area contributed by atoms with Crippen LogP contribution in [0.2, 0.25) is 0 Å². The number of hydrogen-bond donors (Lipinski definition) is 0. The van der Waals surface area contributed by atoms with E-state index in [1.165, 1.54) is 32.1 Å². The van der Waals surface area contributed by atoms with Crippen LogP contribution < -0.4 is 0 Å². The molecule has 4 rings (SSSR count). The molecule has 0 aromatic heterocycles. The van der Waals surface area contributed by atoms with Crippen molar-refractivity contribution in [3.05, 3.63) is 0 Å². The van der Waals surface area contributed by atoms with Crippen LogP contribution in [0.25, 0.3) is 0 Å². The van der Waals surface area contributed by atoms with Crippen LogP contribution in [0.4, 0.5) is 0 Å². The highest BCUT2D eigenvalue weighted by molar-refractivity contribution is 14.1. The molecule has 0 saturated heterocycles. The molecule has 4 saturated carbocycles. The second-order valence-electron chi connectivity index (χ2n) is 7.42. The number of halogens is 1. The van der Waals surface area contributed by atoms with Crippen LogP contribution in [0.5, 0.6) is 0 Å². The minimum Gasteiger partial charge on any atom is -0.308 e. The van der Waals surface area contributed by atoms with Gasteiger partial charge < -0.3 is 3.07 Å². The lowest BCUT2D eigenvalue weighted by Gasteiger charge is -2.64. The minimum atomic E-state index is 0.168. The van der Waals surface area contributed by atoms with Crippen LogP contribution in [-0.2, 0) is 3.07 Å². The van der Waals surface area contributed by atoms with Gasteiger partial charge in [-0.15, -0.1) is 0 Å². The van der Waals surface area contributed by atoms with Gasteiger partial charge >= 0.3 is 0 Å². The number of hydrogen-bond acceptors (Lipinski definition) is 1. The van der Waals surface area contributed by atoms with Crippen molar-refractivity contribution in [3.8, 4) is 0 Å². The Morgan fingerprint density at radius 3 is 1.69 bits per heavy atom. The molecule has 0 spiro atoms. The fraction of sp³-hybridized carbons (Fsp3) is 1.00. The van der Waals surface area contributed by atoms with Crippen LogP contribution in [0.1, 0.15) is 52.9 Å². The van der Waals surface area contributed by atoms with Gasteiger partial charge in [-0.25, -0.2) is 0 Å². The van der Waals surface area contributed by atoms with Gasteiger partial charge in [0.2, 0.25) is 0 Å². The smallest absolute Gasteiger partial charge is 0.110 e. The van der Waals surface area contributed by atoms with E-state index in [1.807, 2.05) is 0 Å². The Labute approximate surface area is 113 Å². The van der Waals surface area contributed by atoms with Crippen molar-refractivity contribution in [2.24, 2.45) is 29.1 Å². The maximum Gasteiger partial charge on any atom is 0.110 e. The normalized spacial score (nSPS) is 51.0. The summed E-state index contributed by atoms with van der Waals surface area (Å²) in [6.45, 7) is 7.15. The van der Waals surface area contributed by atoms with Gasteiger partial charge in [0.05, 0.1) is 5.60 Å². The number of rotatable bonds is 1. The minimum absolute atomic E-state index is 0.168. The zero-order valence-corrected chi connectivity index (χ0v) is 12.8. The van der Waals surface area contributed by atoms with Crippen LogP contribution in [0, 0.1) is 29.1 Å². The third-order valence-electron chi connectivity index (χ3n) is 5.65. The molecule has 1 nitrogen and oxygen atoms in total. The molecular weight excluding hydrogens is 311 g/mol. The van der Waals surface area contributed by atoms with E-state index in [0.29, 0.717) is 0 Å². The highest BCUT2D eigenvalue weighted by atomic mass is 127. The molecule has 0 radical (unpaired) electrons. The van der Waals surface area contributed by atoms with Gasteiger partial charge in [0.1, 0.15) is 23.0 Å². The first-order valence-corrected chi connectivity index (χ1v) is 7.65. The van der Waals surface area contributed by atoms with E-state index in [1.54, 1.807) is 0 Å². The standard InChI is InChI=1S/C14H23IO/c1-13(2,3)14(16-15)11-5-9-4-10(7-11)8-12(14)6-9/h9-12H,4-8H2,1-3H3. The molecule has 0 heterocycles. The summed E-state index contributed by atoms with van der Waals surface area (Å²) >= 11 is 2.19. The molecule has 0 aliphatic heterocycles. The fourth-order valence-electron chi connectivity index (χ4n) is 5.35. The Balaban J connectivity index is 2.00. The zero-order valence-electron chi connectivity index (χ0n) is 10.6. The predicted octanol–water partition coefficient (Wildman–Crippen LogP) is 4.59. The first-order chi connectivity index (χ1) is 7.47. The Morgan fingerprint density at radius 2 is 1.38 bits per heavy atom. The first kappa shape index (κ1) is 11.8. The SMILES string of the molecule is CC(C)(C)C1(OI)C2CC3CC(C2)CC1C3. The summed E-state index contributed by atoms with van der Waals surface area (Å²) in [7, 11) is 0. The van der Waals surface area contributed by atoms with Gasteiger partial charge in [-0.3, -0.25) is 0 Å². The second kappa shape index (κ2) is 3.59. The molecule has 0 atom stereocenters. The molecule has 0 unspecified atom stereocenters. The molecule has 0 aromatic carbocycles. The van der Waals surface area contributed by atoms with Gasteiger partial charge in [0, 0.05) is 0 Å². The van der Waals surface area contributed by atoms with Crippen molar-refractivity contribution in [2.75, 3.05) is 0 Å². The third-order valence-corrected chi connectivity index (χ3v) is 6.38. The lowest BCUT2D eigenvalue weighted by molar-refractivity contribution is -0.190. The molecule has 0 aromatic rings. The maximum absolute atomic E-state index is 6.15. The molecule has 4 fully saturated rings. The lowest BCUT2D eigenvalue weighted by atomic mass is 9.45.